The zero-order chi connectivity index (χ0) is 17.8. The molecule has 7 heteroatoms. The van der Waals surface area contributed by atoms with Crippen LogP contribution < -0.4 is 15.4 Å². The minimum absolute atomic E-state index is 0.0150. The second kappa shape index (κ2) is 7.46. The topological polar surface area (TPSA) is 67.4 Å². The highest BCUT2D eigenvalue weighted by molar-refractivity contribution is 7.80. The van der Waals surface area contributed by atoms with Crippen LogP contribution >= 0.6 is 23.8 Å². The lowest BCUT2D eigenvalue weighted by molar-refractivity contribution is -0.123. The van der Waals surface area contributed by atoms with Crippen molar-refractivity contribution in [3.05, 3.63) is 70.3 Å². The van der Waals surface area contributed by atoms with Gasteiger partial charge >= 0.3 is 0 Å². The van der Waals surface area contributed by atoms with Crippen molar-refractivity contribution < 1.29 is 14.3 Å². The Balaban J connectivity index is 1.89. The van der Waals surface area contributed by atoms with E-state index in [2.05, 4.69) is 10.6 Å². The van der Waals surface area contributed by atoms with Crippen LogP contribution in [0.2, 0.25) is 5.02 Å². The minimum Gasteiger partial charge on any atom is -0.488 e. The maximum atomic E-state index is 12.0. The molecule has 0 atom stereocenters. The predicted octanol–water partition coefficient (Wildman–Crippen LogP) is 2.83. The Kier molecular flexibility index (Phi) is 5.11. The van der Waals surface area contributed by atoms with Crippen molar-refractivity contribution in [2.24, 2.45) is 0 Å². The molecule has 2 aromatic carbocycles. The number of ether oxygens (including phenoxy) is 1. The summed E-state index contributed by atoms with van der Waals surface area (Å²) < 4.78 is 5.82. The zero-order valence-corrected chi connectivity index (χ0v) is 14.5. The molecule has 1 fully saturated rings. The number of thiocarbonyl (C=S) groups is 1. The Labute approximate surface area is 154 Å². The summed E-state index contributed by atoms with van der Waals surface area (Å²) in [6, 6.07) is 14.6. The Hall–Kier alpha value is -2.70. The Morgan fingerprint density at radius 3 is 2.40 bits per heavy atom. The number of nitrogens with one attached hydrogen (secondary N) is 2. The molecule has 126 valence electrons. The van der Waals surface area contributed by atoms with Gasteiger partial charge in [-0.1, -0.05) is 41.9 Å². The summed E-state index contributed by atoms with van der Waals surface area (Å²) >= 11 is 10.8. The second-order valence-corrected chi connectivity index (χ2v) is 6.10. The number of carbonyl (C=O) groups is 2. The molecule has 0 aromatic heterocycles. The molecule has 0 spiro atoms. The van der Waals surface area contributed by atoms with Gasteiger partial charge in [-0.2, -0.15) is 0 Å². The molecule has 1 aliphatic heterocycles. The van der Waals surface area contributed by atoms with Crippen molar-refractivity contribution in [1.82, 2.24) is 10.6 Å². The van der Waals surface area contributed by atoms with Gasteiger partial charge in [0.15, 0.2) is 5.11 Å². The van der Waals surface area contributed by atoms with Crippen LogP contribution in [0.5, 0.6) is 5.75 Å². The number of benzene rings is 2. The lowest BCUT2D eigenvalue weighted by Crippen LogP contribution is -2.51. The van der Waals surface area contributed by atoms with Crippen molar-refractivity contribution in [3.63, 3.8) is 0 Å². The van der Waals surface area contributed by atoms with Crippen LogP contribution in [0.25, 0.3) is 6.08 Å². The number of halogens is 1. The van der Waals surface area contributed by atoms with Gasteiger partial charge in [0.25, 0.3) is 11.8 Å². The molecule has 3 rings (SSSR count). The van der Waals surface area contributed by atoms with Crippen molar-refractivity contribution in [3.8, 4) is 5.75 Å². The van der Waals surface area contributed by atoms with E-state index in [4.69, 9.17) is 28.6 Å². The summed E-state index contributed by atoms with van der Waals surface area (Å²) in [5, 5.41) is 5.23. The van der Waals surface area contributed by atoms with Gasteiger partial charge in [0.2, 0.25) is 0 Å². The molecule has 2 N–H and O–H groups in total. The SMILES string of the molecule is O=C1NC(=S)NC(=O)C1=Cc1cc(Cl)ccc1OCc1ccccc1. The van der Waals surface area contributed by atoms with Gasteiger partial charge in [-0.25, -0.2) is 0 Å². The third-order valence-corrected chi connectivity index (χ3v) is 3.89. The van der Waals surface area contributed by atoms with E-state index in [0.717, 1.165) is 5.56 Å². The molecule has 25 heavy (non-hydrogen) atoms. The van der Waals surface area contributed by atoms with Gasteiger partial charge < -0.3 is 4.74 Å². The number of amides is 2. The first-order chi connectivity index (χ1) is 12.0. The molecule has 0 bridgehead atoms. The van der Waals surface area contributed by atoms with Crippen LogP contribution in [-0.2, 0) is 16.2 Å². The summed E-state index contributed by atoms with van der Waals surface area (Å²) in [7, 11) is 0. The largest absolute Gasteiger partial charge is 0.488 e. The van der Waals surface area contributed by atoms with Gasteiger partial charge in [-0.15, -0.1) is 0 Å². The minimum atomic E-state index is -0.567. The summed E-state index contributed by atoms with van der Waals surface area (Å²) in [5.41, 5.74) is 1.45. The van der Waals surface area contributed by atoms with Crippen molar-refractivity contribution in [1.29, 1.82) is 0 Å². The van der Waals surface area contributed by atoms with E-state index >= 15 is 0 Å². The summed E-state index contributed by atoms with van der Waals surface area (Å²) in [4.78, 5) is 24.0. The standard InChI is InChI=1S/C18H13ClN2O3S/c19-13-6-7-15(24-10-11-4-2-1-3-5-11)12(8-13)9-14-16(22)20-18(25)21-17(14)23/h1-9H,10H2,(H2,20,21,22,23,25). The van der Waals surface area contributed by atoms with Gasteiger partial charge in [0.1, 0.15) is 17.9 Å². The van der Waals surface area contributed by atoms with Crippen molar-refractivity contribution in [2.75, 3.05) is 0 Å². The molecule has 1 heterocycles. The fourth-order valence-corrected chi connectivity index (χ4v) is 2.63. The smallest absolute Gasteiger partial charge is 0.263 e. The molecule has 2 amide bonds. The summed E-state index contributed by atoms with van der Waals surface area (Å²) in [6.45, 7) is 0.348. The van der Waals surface area contributed by atoms with Crippen LogP contribution in [0.4, 0.5) is 0 Å². The monoisotopic (exact) mass is 372 g/mol. The van der Waals surface area contributed by atoms with Gasteiger partial charge in [0, 0.05) is 10.6 Å². The first kappa shape index (κ1) is 17.1. The molecule has 1 saturated heterocycles. The molecular formula is C18H13ClN2O3S. The molecule has 0 unspecified atom stereocenters. The molecule has 2 aromatic rings. The molecule has 5 nitrogen and oxygen atoms in total. The van der Waals surface area contributed by atoms with E-state index in [9.17, 15) is 9.59 Å². The lowest BCUT2D eigenvalue weighted by atomic mass is 10.1. The maximum absolute atomic E-state index is 12.0. The van der Waals surface area contributed by atoms with Crippen LogP contribution in [0.15, 0.2) is 54.1 Å². The quantitative estimate of drug-likeness (QED) is 0.492. The third kappa shape index (κ3) is 4.23. The van der Waals surface area contributed by atoms with E-state index in [0.29, 0.717) is 22.9 Å². The molecule has 0 saturated carbocycles. The number of carbonyl (C=O) groups excluding carboxylic acids is 2. The van der Waals surface area contributed by atoms with Crippen molar-refractivity contribution in [2.45, 2.75) is 6.61 Å². The third-order valence-electron chi connectivity index (χ3n) is 3.45. The van der Waals surface area contributed by atoms with Crippen LogP contribution in [0.1, 0.15) is 11.1 Å². The Bertz CT molecular complexity index is 859. The fourth-order valence-electron chi connectivity index (χ4n) is 2.26. The fraction of sp³-hybridized carbons (Fsp3) is 0.0556. The van der Waals surface area contributed by atoms with Gasteiger partial charge in [-0.3, -0.25) is 20.2 Å². The second-order valence-electron chi connectivity index (χ2n) is 5.25. The highest BCUT2D eigenvalue weighted by Crippen LogP contribution is 2.26. The predicted molar refractivity (Wildman–Crippen MR) is 99.1 cm³/mol. The Morgan fingerprint density at radius 2 is 1.72 bits per heavy atom. The van der Waals surface area contributed by atoms with Crippen LogP contribution in [-0.4, -0.2) is 16.9 Å². The van der Waals surface area contributed by atoms with Gasteiger partial charge in [0.05, 0.1) is 0 Å². The van der Waals surface area contributed by atoms with E-state index in [1.807, 2.05) is 30.3 Å². The maximum Gasteiger partial charge on any atom is 0.263 e. The molecule has 0 radical (unpaired) electrons. The normalized spacial score (nSPS) is 14.0. The zero-order valence-electron chi connectivity index (χ0n) is 12.9. The van der Waals surface area contributed by atoms with Crippen LogP contribution in [0.3, 0.4) is 0 Å². The molecule has 0 aliphatic carbocycles. The Morgan fingerprint density at radius 1 is 1.04 bits per heavy atom. The lowest BCUT2D eigenvalue weighted by Gasteiger charge is -2.17. The van der Waals surface area contributed by atoms with Crippen molar-refractivity contribution >= 4 is 46.8 Å². The average Bonchev–Trinajstić information content (AvgIpc) is 2.58. The number of hydrogen-bond donors (Lipinski definition) is 2. The van der Waals surface area contributed by atoms with Crippen LogP contribution in [0, 0.1) is 0 Å². The van der Waals surface area contributed by atoms with E-state index in [-0.39, 0.29) is 10.7 Å². The number of hydrogen-bond acceptors (Lipinski definition) is 4. The van der Waals surface area contributed by atoms with E-state index in [1.54, 1.807) is 18.2 Å². The number of rotatable bonds is 4. The summed E-state index contributed by atoms with van der Waals surface area (Å²) in [5.74, 6) is -0.625. The van der Waals surface area contributed by atoms with E-state index < -0.39 is 11.8 Å². The average molecular weight is 373 g/mol. The van der Waals surface area contributed by atoms with Gasteiger partial charge in [-0.05, 0) is 42.1 Å². The highest BCUT2D eigenvalue weighted by atomic mass is 35.5. The van der Waals surface area contributed by atoms with E-state index in [1.165, 1.54) is 6.08 Å². The first-order valence-corrected chi connectivity index (χ1v) is 8.16. The molecule has 1 aliphatic rings. The highest BCUT2D eigenvalue weighted by Gasteiger charge is 2.26. The summed E-state index contributed by atoms with van der Waals surface area (Å²) in [6.07, 6.45) is 1.43. The molecular weight excluding hydrogens is 360 g/mol. The first-order valence-electron chi connectivity index (χ1n) is 7.37.